The average Bonchev–Trinajstić information content (AvgIpc) is 3.28. The lowest BCUT2D eigenvalue weighted by Gasteiger charge is -2.37. The summed E-state index contributed by atoms with van der Waals surface area (Å²) >= 11 is 0. The fraction of sp³-hybridized carbons (Fsp3) is 0.611. The number of rotatable bonds is 2. The van der Waals surface area contributed by atoms with Crippen LogP contribution in [0.1, 0.15) is 19.3 Å². The number of piperidine rings is 1. The second-order valence-electron chi connectivity index (χ2n) is 7.20. The van der Waals surface area contributed by atoms with Crippen LogP contribution in [0, 0.1) is 11.3 Å². The summed E-state index contributed by atoms with van der Waals surface area (Å²) in [6.45, 7) is 5.50. The third-order valence-corrected chi connectivity index (χ3v) is 5.89. The molecule has 1 aromatic carbocycles. The predicted molar refractivity (Wildman–Crippen MR) is 104 cm³/mol. The highest BCUT2D eigenvalue weighted by Gasteiger charge is 2.58. The molecule has 2 N–H and O–H groups in total. The quantitative estimate of drug-likeness (QED) is 0.816. The summed E-state index contributed by atoms with van der Waals surface area (Å²) in [7, 11) is 0. The van der Waals surface area contributed by atoms with Gasteiger partial charge >= 0.3 is 0 Å². The Kier molecular flexibility index (Phi) is 6.46. The number of aromatic hydroxyl groups is 1. The second kappa shape index (κ2) is 8.02. The van der Waals surface area contributed by atoms with E-state index >= 15 is 0 Å². The van der Waals surface area contributed by atoms with Crippen LogP contribution >= 0.6 is 24.8 Å². The molecule has 25 heavy (non-hydrogen) atoms. The summed E-state index contributed by atoms with van der Waals surface area (Å²) in [5.74, 6) is 0.964. The van der Waals surface area contributed by atoms with E-state index in [0.717, 1.165) is 64.2 Å². The van der Waals surface area contributed by atoms with Crippen molar-refractivity contribution in [3.05, 3.63) is 24.3 Å². The number of phenolic OH excluding ortho intramolecular Hbond substituents is 1. The number of hydrogen-bond acceptors (Lipinski definition) is 4. The van der Waals surface area contributed by atoms with Crippen molar-refractivity contribution >= 4 is 36.4 Å². The number of nitrogens with zero attached hydrogens (tertiary/aromatic N) is 2. The molecule has 140 valence electrons. The molecule has 2 heterocycles. The molecule has 1 amide bonds. The van der Waals surface area contributed by atoms with Gasteiger partial charge in [0, 0.05) is 37.8 Å². The molecule has 1 saturated carbocycles. The SMILES string of the molecule is Cl.Cl.O=C(C1CC12CCNCC2)N1CCN(c2ccc(O)cc2)CC1. The zero-order chi connectivity index (χ0) is 15.9. The van der Waals surface area contributed by atoms with Crippen molar-refractivity contribution in [1.82, 2.24) is 10.2 Å². The number of hydrogen-bond donors (Lipinski definition) is 2. The van der Waals surface area contributed by atoms with E-state index in [0.29, 0.717) is 17.1 Å². The molecule has 1 aromatic rings. The largest absolute Gasteiger partial charge is 0.508 e. The smallest absolute Gasteiger partial charge is 0.226 e. The molecule has 1 atom stereocenters. The van der Waals surface area contributed by atoms with Crippen molar-refractivity contribution < 1.29 is 9.90 Å². The molecule has 3 fully saturated rings. The van der Waals surface area contributed by atoms with Gasteiger partial charge in [-0.2, -0.15) is 0 Å². The van der Waals surface area contributed by atoms with Gasteiger partial charge in [0.2, 0.25) is 5.91 Å². The number of carbonyl (C=O) groups is 1. The first-order valence-electron chi connectivity index (χ1n) is 8.71. The third kappa shape index (κ3) is 3.99. The molecule has 0 aromatic heterocycles. The van der Waals surface area contributed by atoms with E-state index in [4.69, 9.17) is 0 Å². The predicted octanol–water partition coefficient (Wildman–Crippen LogP) is 2.27. The van der Waals surface area contributed by atoms with E-state index in [9.17, 15) is 9.90 Å². The van der Waals surface area contributed by atoms with Gasteiger partial charge in [-0.25, -0.2) is 0 Å². The van der Waals surface area contributed by atoms with Crippen molar-refractivity contribution in [2.75, 3.05) is 44.2 Å². The van der Waals surface area contributed by atoms with Gasteiger partial charge in [0.25, 0.3) is 0 Å². The molecular formula is C18H27Cl2N3O2. The van der Waals surface area contributed by atoms with Gasteiger partial charge in [-0.3, -0.25) is 4.79 Å². The number of halogens is 2. The maximum atomic E-state index is 12.8. The maximum absolute atomic E-state index is 12.8. The third-order valence-electron chi connectivity index (χ3n) is 5.89. The average molecular weight is 388 g/mol. The summed E-state index contributed by atoms with van der Waals surface area (Å²) in [5, 5.41) is 12.8. The van der Waals surface area contributed by atoms with Crippen molar-refractivity contribution in [2.45, 2.75) is 19.3 Å². The first kappa shape index (κ1) is 20.1. The summed E-state index contributed by atoms with van der Waals surface area (Å²) < 4.78 is 0. The monoisotopic (exact) mass is 387 g/mol. The van der Waals surface area contributed by atoms with Crippen LogP contribution in [-0.2, 0) is 4.79 Å². The highest BCUT2D eigenvalue weighted by Crippen LogP contribution is 2.59. The highest BCUT2D eigenvalue weighted by atomic mass is 35.5. The van der Waals surface area contributed by atoms with Crippen molar-refractivity contribution in [1.29, 1.82) is 0 Å². The summed E-state index contributed by atoms with van der Waals surface area (Å²) in [5.41, 5.74) is 1.45. The van der Waals surface area contributed by atoms with Crippen LogP contribution in [0.15, 0.2) is 24.3 Å². The molecule has 5 nitrogen and oxygen atoms in total. The van der Waals surface area contributed by atoms with Gasteiger partial charge < -0.3 is 20.2 Å². The Morgan fingerprint density at radius 2 is 1.64 bits per heavy atom. The molecule has 0 bridgehead atoms. The molecule has 2 saturated heterocycles. The molecule has 4 rings (SSSR count). The minimum Gasteiger partial charge on any atom is -0.508 e. The van der Waals surface area contributed by atoms with Crippen LogP contribution in [0.2, 0.25) is 0 Å². The number of piperazine rings is 1. The van der Waals surface area contributed by atoms with Gasteiger partial charge in [-0.1, -0.05) is 0 Å². The van der Waals surface area contributed by atoms with Crippen LogP contribution in [0.4, 0.5) is 5.69 Å². The molecule has 0 radical (unpaired) electrons. The Labute approximate surface area is 161 Å². The van der Waals surface area contributed by atoms with Crippen molar-refractivity contribution in [3.8, 4) is 5.75 Å². The van der Waals surface area contributed by atoms with Gasteiger partial charge in [-0.05, 0) is 62.0 Å². The Balaban J connectivity index is 0.00000113. The highest BCUT2D eigenvalue weighted by molar-refractivity contribution is 5.85. The van der Waals surface area contributed by atoms with E-state index in [2.05, 4.69) is 15.1 Å². The standard InChI is InChI=1S/C18H25N3O2.2ClH/c22-15-3-1-14(2-4-15)20-9-11-21(12-10-20)17(23)16-13-18(16)5-7-19-8-6-18;;/h1-4,16,19,22H,5-13H2;2*1H. The molecule has 1 aliphatic carbocycles. The molecule has 1 spiro atoms. The number of benzene rings is 1. The Hall–Kier alpha value is -1.17. The van der Waals surface area contributed by atoms with E-state index in [1.165, 1.54) is 0 Å². The van der Waals surface area contributed by atoms with E-state index < -0.39 is 0 Å². The lowest BCUT2D eigenvalue weighted by Crippen LogP contribution is -2.49. The molecule has 7 heteroatoms. The fourth-order valence-corrected chi connectivity index (χ4v) is 4.24. The Morgan fingerprint density at radius 1 is 1.04 bits per heavy atom. The van der Waals surface area contributed by atoms with Gasteiger partial charge in [0.05, 0.1) is 0 Å². The molecule has 1 unspecified atom stereocenters. The molecular weight excluding hydrogens is 361 g/mol. The second-order valence-corrected chi connectivity index (χ2v) is 7.20. The van der Waals surface area contributed by atoms with Crippen LogP contribution in [0.5, 0.6) is 5.75 Å². The van der Waals surface area contributed by atoms with E-state index in [-0.39, 0.29) is 30.7 Å². The van der Waals surface area contributed by atoms with Crippen LogP contribution in [-0.4, -0.2) is 55.2 Å². The normalized spacial score (nSPS) is 24.2. The van der Waals surface area contributed by atoms with E-state index in [1.54, 1.807) is 12.1 Å². The number of phenols is 1. The van der Waals surface area contributed by atoms with Crippen LogP contribution < -0.4 is 10.2 Å². The zero-order valence-electron chi connectivity index (χ0n) is 14.3. The number of amides is 1. The number of nitrogens with one attached hydrogen (secondary N) is 1. The Bertz CT molecular complexity index is 582. The lowest BCUT2D eigenvalue weighted by atomic mass is 9.91. The van der Waals surface area contributed by atoms with Crippen LogP contribution in [0.3, 0.4) is 0 Å². The lowest BCUT2D eigenvalue weighted by molar-refractivity contribution is -0.133. The van der Waals surface area contributed by atoms with E-state index in [1.807, 2.05) is 12.1 Å². The first-order valence-corrected chi connectivity index (χ1v) is 8.71. The first-order chi connectivity index (χ1) is 11.2. The van der Waals surface area contributed by atoms with Crippen molar-refractivity contribution in [2.24, 2.45) is 11.3 Å². The van der Waals surface area contributed by atoms with Gasteiger partial charge in [-0.15, -0.1) is 24.8 Å². The number of carbonyl (C=O) groups excluding carboxylic acids is 1. The van der Waals surface area contributed by atoms with Crippen LogP contribution in [0.25, 0.3) is 0 Å². The summed E-state index contributed by atoms with van der Waals surface area (Å²) in [6.07, 6.45) is 3.43. The summed E-state index contributed by atoms with van der Waals surface area (Å²) in [4.78, 5) is 17.1. The topological polar surface area (TPSA) is 55.8 Å². The molecule has 2 aliphatic heterocycles. The minimum atomic E-state index is 0. The minimum absolute atomic E-state index is 0. The van der Waals surface area contributed by atoms with Crippen molar-refractivity contribution in [3.63, 3.8) is 0 Å². The number of anilines is 1. The summed E-state index contributed by atoms with van der Waals surface area (Å²) in [6, 6.07) is 7.32. The van der Waals surface area contributed by atoms with Gasteiger partial charge in [0.1, 0.15) is 5.75 Å². The molecule has 3 aliphatic rings. The maximum Gasteiger partial charge on any atom is 0.226 e. The zero-order valence-corrected chi connectivity index (χ0v) is 16.0. The Morgan fingerprint density at radius 3 is 2.24 bits per heavy atom. The fourth-order valence-electron chi connectivity index (χ4n) is 4.24. The van der Waals surface area contributed by atoms with Gasteiger partial charge in [0.15, 0.2) is 0 Å².